The van der Waals surface area contributed by atoms with Crippen LogP contribution in [0.3, 0.4) is 0 Å². The second kappa shape index (κ2) is 8.00. The van der Waals surface area contributed by atoms with Crippen molar-refractivity contribution >= 4 is 5.91 Å². The Kier molecular flexibility index (Phi) is 5.29. The van der Waals surface area contributed by atoms with Gasteiger partial charge in [-0.25, -0.2) is 9.37 Å². The molecule has 0 aliphatic carbocycles. The molecule has 1 amide bonds. The number of likely N-dealkylation sites (tertiary alicyclic amines) is 1. The van der Waals surface area contributed by atoms with E-state index in [1.165, 1.54) is 12.3 Å². The Morgan fingerprint density at radius 3 is 2.67 bits per heavy atom. The molecule has 4 rings (SSSR count). The van der Waals surface area contributed by atoms with Crippen LogP contribution in [0.15, 0.2) is 36.7 Å². The van der Waals surface area contributed by atoms with E-state index in [2.05, 4.69) is 9.97 Å². The van der Waals surface area contributed by atoms with Crippen LogP contribution < -0.4 is 4.74 Å². The third-order valence-electron chi connectivity index (χ3n) is 5.13. The van der Waals surface area contributed by atoms with Crippen LogP contribution in [0.25, 0.3) is 0 Å². The Labute approximate surface area is 157 Å². The smallest absolute Gasteiger partial charge is 0.251 e. The molecule has 27 heavy (non-hydrogen) atoms. The van der Waals surface area contributed by atoms with E-state index in [-0.39, 0.29) is 23.7 Å². The SMILES string of the molecule is O=C([C@H]1CCCO1)N1CCC(c2nccnc2Oc2ccccc2F)CC1. The number of carbonyl (C=O) groups is 1. The van der Waals surface area contributed by atoms with Gasteiger partial charge in [-0.05, 0) is 37.8 Å². The summed E-state index contributed by atoms with van der Waals surface area (Å²) in [6.45, 7) is 1.97. The molecular weight excluding hydrogens is 349 g/mol. The highest BCUT2D eigenvalue weighted by Crippen LogP contribution is 2.34. The molecule has 2 aromatic rings. The Morgan fingerprint density at radius 2 is 1.93 bits per heavy atom. The molecule has 1 atom stereocenters. The lowest BCUT2D eigenvalue weighted by Gasteiger charge is -2.33. The Morgan fingerprint density at radius 1 is 1.15 bits per heavy atom. The maximum Gasteiger partial charge on any atom is 0.251 e. The minimum atomic E-state index is -0.439. The van der Waals surface area contributed by atoms with Crippen molar-refractivity contribution in [2.24, 2.45) is 0 Å². The number of rotatable bonds is 4. The van der Waals surface area contributed by atoms with Crippen LogP contribution in [0.5, 0.6) is 11.6 Å². The van der Waals surface area contributed by atoms with E-state index in [1.807, 2.05) is 4.90 Å². The summed E-state index contributed by atoms with van der Waals surface area (Å²) in [5.41, 5.74) is 0.713. The lowest BCUT2D eigenvalue weighted by Crippen LogP contribution is -2.43. The molecule has 2 fully saturated rings. The van der Waals surface area contributed by atoms with Gasteiger partial charge in [0.1, 0.15) is 11.8 Å². The van der Waals surface area contributed by atoms with Gasteiger partial charge in [-0.3, -0.25) is 9.78 Å². The minimum Gasteiger partial charge on any atom is -0.434 e. The van der Waals surface area contributed by atoms with Gasteiger partial charge in [-0.15, -0.1) is 0 Å². The number of nitrogens with zero attached hydrogens (tertiary/aromatic N) is 3. The number of para-hydroxylation sites is 1. The van der Waals surface area contributed by atoms with Gasteiger partial charge in [-0.2, -0.15) is 0 Å². The first-order valence-electron chi connectivity index (χ1n) is 9.36. The molecule has 7 heteroatoms. The van der Waals surface area contributed by atoms with E-state index in [0.29, 0.717) is 31.3 Å². The average Bonchev–Trinajstić information content (AvgIpc) is 3.25. The fraction of sp³-hybridized carbons (Fsp3) is 0.450. The van der Waals surface area contributed by atoms with Crippen LogP contribution in [-0.4, -0.2) is 46.6 Å². The van der Waals surface area contributed by atoms with E-state index >= 15 is 0 Å². The van der Waals surface area contributed by atoms with Crippen molar-refractivity contribution in [2.45, 2.75) is 37.7 Å². The fourth-order valence-corrected chi connectivity index (χ4v) is 3.68. The Bertz CT molecular complexity index is 803. The van der Waals surface area contributed by atoms with E-state index in [1.54, 1.807) is 24.4 Å². The number of aromatic nitrogens is 2. The summed E-state index contributed by atoms with van der Waals surface area (Å²) in [4.78, 5) is 23.1. The summed E-state index contributed by atoms with van der Waals surface area (Å²) in [6.07, 6.45) is 6.17. The molecule has 6 nitrogen and oxygen atoms in total. The summed E-state index contributed by atoms with van der Waals surface area (Å²) >= 11 is 0. The van der Waals surface area contributed by atoms with E-state index in [0.717, 1.165) is 25.7 Å². The molecule has 0 radical (unpaired) electrons. The highest BCUT2D eigenvalue weighted by Gasteiger charge is 2.32. The Balaban J connectivity index is 1.44. The molecule has 2 saturated heterocycles. The summed E-state index contributed by atoms with van der Waals surface area (Å²) in [6, 6.07) is 6.24. The third kappa shape index (κ3) is 3.93. The first kappa shape index (κ1) is 17.9. The zero-order valence-corrected chi connectivity index (χ0v) is 15.0. The van der Waals surface area contributed by atoms with Crippen LogP contribution in [0, 0.1) is 5.82 Å². The molecule has 1 aromatic carbocycles. The van der Waals surface area contributed by atoms with E-state index < -0.39 is 5.82 Å². The molecule has 0 bridgehead atoms. The highest BCUT2D eigenvalue weighted by molar-refractivity contribution is 5.81. The van der Waals surface area contributed by atoms with Gasteiger partial charge in [0.15, 0.2) is 11.6 Å². The maximum absolute atomic E-state index is 13.9. The van der Waals surface area contributed by atoms with Crippen LogP contribution in [0.4, 0.5) is 4.39 Å². The second-order valence-corrected chi connectivity index (χ2v) is 6.88. The fourth-order valence-electron chi connectivity index (χ4n) is 3.68. The summed E-state index contributed by atoms with van der Waals surface area (Å²) in [7, 11) is 0. The molecular formula is C20H22FN3O3. The lowest BCUT2D eigenvalue weighted by molar-refractivity contribution is -0.142. The molecule has 2 aliphatic rings. The lowest BCUT2D eigenvalue weighted by atomic mass is 9.93. The average molecular weight is 371 g/mol. The van der Waals surface area contributed by atoms with Gasteiger partial charge < -0.3 is 14.4 Å². The number of carbonyl (C=O) groups excluding carboxylic acids is 1. The maximum atomic E-state index is 13.9. The first-order valence-corrected chi connectivity index (χ1v) is 9.36. The molecule has 142 valence electrons. The molecule has 0 spiro atoms. The number of hydrogen-bond donors (Lipinski definition) is 0. The van der Waals surface area contributed by atoms with E-state index in [4.69, 9.17) is 9.47 Å². The van der Waals surface area contributed by atoms with Crippen LogP contribution in [0.2, 0.25) is 0 Å². The number of amides is 1. The quantitative estimate of drug-likeness (QED) is 0.825. The van der Waals surface area contributed by atoms with Gasteiger partial charge in [0.2, 0.25) is 5.88 Å². The van der Waals surface area contributed by atoms with Crippen LogP contribution >= 0.6 is 0 Å². The summed E-state index contributed by atoms with van der Waals surface area (Å²) < 4.78 is 25.1. The predicted molar refractivity (Wildman–Crippen MR) is 96.0 cm³/mol. The molecule has 0 unspecified atom stereocenters. The minimum absolute atomic E-state index is 0.0907. The molecule has 2 aliphatic heterocycles. The summed E-state index contributed by atoms with van der Waals surface area (Å²) in [5, 5.41) is 0. The van der Waals surface area contributed by atoms with Gasteiger partial charge in [0.25, 0.3) is 5.91 Å². The van der Waals surface area contributed by atoms with Gasteiger partial charge in [-0.1, -0.05) is 12.1 Å². The predicted octanol–water partition coefficient (Wildman–Crippen LogP) is 3.29. The summed E-state index contributed by atoms with van der Waals surface area (Å²) in [5.74, 6) is 0.227. The molecule has 0 saturated carbocycles. The van der Waals surface area contributed by atoms with Crippen LogP contribution in [0.1, 0.15) is 37.3 Å². The Hall–Kier alpha value is -2.54. The number of benzene rings is 1. The van der Waals surface area contributed by atoms with Crippen molar-refractivity contribution in [1.29, 1.82) is 0 Å². The third-order valence-corrected chi connectivity index (χ3v) is 5.13. The van der Waals surface area contributed by atoms with Gasteiger partial charge in [0, 0.05) is 38.0 Å². The van der Waals surface area contributed by atoms with Crippen molar-refractivity contribution in [1.82, 2.24) is 14.9 Å². The largest absolute Gasteiger partial charge is 0.434 e. The first-order chi connectivity index (χ1) is 13.2. The van der Waals surface area contributed by atoms with Crippen molar-refractivity contribution in [3.8, 4) is 11.6 Å². The zero-order chi connectivity index (χ0) is 18.6. The van der Waals surface area contributed by atoms with Gasteiger partial charge >= 0.3 is 0 Å². The normalized spacial score (nSPS) is 20.6. The van der Waals surface area contributed by atoms with E-state index in [9.17, 15) is 9.18 Å². The molecule has 1 aromatic heterocycles. The number of hydrogen-bond acceptors (Lipinski definition) is 5. The number of ether oxygens (including phenoxy) is 2. The highest BCUT2D eigenvalue weighted by atomic mass is 19.1. The van der Waals surface area contributed by atoms with Crippen molar-refractivity contribution in [3.63, 3.8) is 0 Å². The molecule has 3 heterocycles. The second-order valence-electron chi connectivity index (χ2n) is 6.88. The topological polar surface area (TPSA) is 64.5 Å². The van der Waals surface area contributed by atoms with Crippen LogP contribution in [-0.2, 0) is 9.53 Å². The van der Waals surface area contributed by atoms with Gasteiger partial charge in [0.05, 0.1) is 0 Å². The standard InChI is InChI=1S/C20H22FN3O3/c21-15-4-1-2-5-16(15)27-19-18(22-9-10-23-19)14-7-11-24(12-8-14)20(25)17-6-3-13-26-17/h1-2,4-5,9-10,14,17H,3,6-8,11-13H2/t17-/m1/s1. The number of piperidine rings is 1. The van der Waals surface area contributed by atoms with Crippen molar-refractivity contribution in [2.75, 3.05) is 19.7 Å². The number of halogens is 1. The van der Waals surface area contributed by atoms with Crippen molar-refractivity contribution < 1.29 is 18.7 Å². The zero-order valence-electron chi connectivity index (χ0n) is 15.0. The monoisotopic (exact) mass is 371 g/mol. The van der Waals surface area contributed by atoms with Crippen molar-refractivity contribution in [3.05, 3.63) is 48.2 Å². The molecule has 0 N–H and O–H groups in total.